The van der Waals surface area contributed by atoms with E-state index in [1.165, 1.54) is 31.3 Å². The molecule has 0 saturated carbocycles. The number of benzene rings is 2. The molecule has 0 aliphatic carbocycles. The summed E-state index contributed by atoms with van der Waals surface area (Å²) >= 11 is 0. The predicted molar refractivity (Wildman–Crippen MR) is 81.6 cm³/mol. The summed E-state index contributed by atoms with van der Waals surface area (Å²) < 4.78 is 38.9. The van der Waals surface area contributed by atoms with E-state index in [-0.39, 0.29) is 16.4 Å². The Kier molecular flexibility index (Phi) is 4.15. The van der Waals surface area contributed by atoms with Crippen LogP contribution in [0.3, 0.4) is 0 Å². The van der Waals surface area contributed by atoms with Gasteiger partial charge in [0.05, 0.1) is 16.3 Å². The van der Waals surface area contributed by atoms with Crippen molar-refractivity contribution in [1.29, 1.82) is 0 Å². The van der Waals surface area contributed by atoms with Gasteiger partial charge in [0.15, 0.2) is 0 Å². The van der Waals surface area contributed by atoms with Gasteiger partial charge in [0.25, 0.3) is 0 Å². The van der Waals surface area contributed by atoms with Crippen molar-refractivity contribution in [3.63, 3.8) is 0 Å². The number of nitrogen functional groups attached to an aromatic ring is 1. The van der Waals surface area contributed by atoms with Crippen molar-refractivity contribution in [1.82, 2.24) is 4.72 Å². The first-order valence-electron chi connectivity index (χ1n) is 6.17. The Balaban J connectivity index is 2.42. The largest absolute Gasteiger partial charge is 0.397 e. The summed E-state index contributed by atoms with van der Waals surface area (Å²) in [6.45, 7) is 0. The van der Waals surface area contributed by atoms with E-state index >= 15 is 0 Å². The van der Waals surface area contributed by atoms with Crippen molar-refractivity contribution in [3.05, 3.63) is 48.3 Å². The lowest BCUT2D eigenvalue weighted by atomic mass is 10.2. The summed E-state index contributed by atoms with van der Waals surface area (Å²) in [4.78, 5) is 1.77. The Bertz CT molecular complexity index is 763. The summed E-state index contributed by atoms with van der Waals surface area (Å²) in [5, 5.41) is 0. The molecule has 0 saturated heterocycles. The maximum atomic E-state index is 13.3. The highest BCUT2D eigenvalue weighted by molar-refractivity contribution is 7.89. The SMILES string of the molecule is CNS(=O)(=O)c1ccc(N(C)c2cccc(F)c2)c(N)c1. The molecule has 112 valence electrons. The van der Waals surface area contributed by atoms with Crippen molar-refractivity contribution < 1.29 is 12.8 Å². The zero-order valence-electron chi connectivity index (χ0n) is 11.7. The van der Waals surface area contributed by atoms with Crippen LogP contribution in [0.2, 0.25) is 0 Å². The number of anilines is 3. The average Bonchev–Trinajstić information content (AvgIpc) is 2.46. The van der Waals surface area contributed by atoms with Gasteiger partial charge in [-0.1, -0.05) is 6.07 Å². The summed E-state index contributed by atoms with van der Waals surface area (Å²) in [6, 6.07) is 10.5. The second kappa shape index (κ2) is 5.71. The molecule has 3 N–H and O–H groups in total. The molecule has 0 aliphatic heterocycles. The molecule has 0 aliphatic rings. The van der Waals surface area contributed by atoms with Crippen LogP contribution in [-0.4, -0.2) is 22.5 Å². The molecule has 0 unspecified atom stereocenters. The summed E-state index contributed by atoms with van der Waals surface area (Å²) in [7, 11) is -0.482. The highest BCUT2D eigenvalue weighted by atomic mass is 32.2. The Hall–Kier alpha value is -2.12. The number of hydrogen-bond donors (Lipinski definition) is 2. The first-order valence-corrected chi connectivity index (χ1v) is 7.66. The molecular weight excluding hydrogens is 293 g/mol. The molecule has 0 bridgehead atoms. The lowest BCUT2D eigenvalue weighted by molar-refractivity contribution is 0.588. The highest BCUT2D eigenvalue weighted by Gasteiger charge is 2.15. The fourth-order valence-corrected chi connectivity index (χ4v) is 2.71. The molecule has 21 heavy (non-hydrogen) atoms. The van der Waals surface area contributed by atoms with Crippen molar-refractivity contribution in [2.45, 2.75) is 4.90 Å². The maximum Gasteiger partial charge on any atom is 0.240 e. The van der Waals surface area contributed by atoms with Gasteiger partial charge in [-0.25, -0.2) is 17.5 Å². The zero-order valence-corrected chi connectivity index (χ0v) is 12.5. The summed E-state index contributed by atoms with van der Waals surface area (Å²) in [5.74, 6) is -0.354. The molecule has 2 aromatic rings. The fourth-order valence-electron chi connectivity index (χ4n) is 1.95. The number of halogens is 1. The van der Waals surface area contributed by atoms with Crippen LogP contribution >= 0.6 is 0 Å². The minimum atomic E-state index is -3.54. The topological polar surface area (TPSA) is 75.4 Å². The fraction of sp³-hybridized carbons (Fsp3) is 0.143. The molecule has 0 atom stereocenters. The van der Waals surface area contributed by atoms with Crippen molar-refractivity contribution in [2.24, 2.45) is 0 Å². The van der Waals surface area contributed by atoms with Gasteiger partial charge >= 0.3 is 0 Å². The summed E-state index contributed by atoms with van der Waals surface area (Å²) in [5.41, 5.74) is 7.42. The van der Waals surface area contributed by atoms with Crippen LogP contribution < -0.4 is 15.4 Å². The monoisotopic (exact) mass is 309 g/mol. The number of sulfonamides is 1. The average molecular weight is 309 g/mol. The molecule has 0 fully saturated rings. The maximum absolute atomic E-state index is 13.3. The third kappa shape index (κ3) is 3.14. The number of hydrogen-bond acceptors (Lipinski definition) is 4. The van der Waals surface area contributed by atoms with Crippen LogP contribution in [0.25, 0.3) is 0 Å². The first kappa shape index (κ1) is 15.3. The molecule has 2 aromatic carbocycles. The van der Waals surface area contributed by atoms with Crippen LogP contribution in [0.1, 0.15) is 0 Å². The first-order chi connectivity index (χ1) is 9.85. The van der Waals surface area contributed by atoms with Gasteiger partial charge in [-0.15, -0.1) is 0 Å². The minimum absolute atomic E-state index is 0.0823. The third-order valence-corrected chi connectivity index (χ3v) is 4.55. The molecular formula is C14H16FN3O2S. The van der Waals surface area contributed by atoms with Gasteiger partial charge in [-0.2, -0.15) is 0 Å². The van der Waals surface area contributed by atoms with Gasteiger partial charge < -0.3 is 10.6 Å². The second-order valence-corrected chi connectivity index (χ2v) is 6.35. The van der Waals surface area contributed by atoms with Gasteiger partial charge in [0.1, 0.15) is 5.82 Å². The Morgan fingerprint density at radius 2 is 1.90 bits per heavy atom. The van der Waals surface area contributed by atoms with Crippen molar-refractivity contribution >= 4 is 27.1 Å². The van der Waals surface area contributed by atoms with E-state index < -0.39 is 10.0 Å². The van der Waals surface area contributed by atoms with Crippen LogP contribution in [-0.2, 0) is 10.0 Å². The number of rotatable bonds is 4. The van der Waals surface area contributed by atoms with E-state index in [4.69, 9.17) is 5.73 Å². The van der Waals surface area contributed by atoms with Crippen LogP contribution in [0.4, 0.5) is 21.5 Å². The van der Waals surface area contributed by atoms with E-state index in [0.29, 0.717) is 11.4 Å². The van der Waals surface area contributed by atoms with Crippen molar-refractivity contribution in [3.8, 4) is 0 Å². The van der Waals surface area contributed by atoms with E-state index in [2.05, 4.69) is 4.72 Å². The Morgan fingerprint density at radius 1 is 1.19 bits per heavy atom. The third-order valence-electron chi connectivity index (χ3n) is 3.13. The quantitative estimate of drug-likeness (QED) is 0.848. The smallest absolute Gasteiger partial charge is 0.240 e. The molecule has 0 spiro atoms. The highest BCUT2D eigenvalue weighted by Crippen LogP contribution is 2.30. The van der Waals surface area contributed by atoms with E-state index in [9.17, 15) is 12.8 Å². The molecule has 5 nitrogen and oxygen atoms in total. The number of nitrogens with two attached hydrogens (primary N) is 1. The molecule has 0 heterocycles. The van der Waals surface area contributed by atoms with Crippen LogP contribution in [0, 0.1) is 5.82 Å². The second-order valence-electron chi connectivity index (χ2n) is 4.47. The normalized spacial score (nSPS) is 11.4. The zero-order chi connectivity index (χ0) is 15.6. The molecule has 0 aromatic heterocycles. The van der Waals surface area contributed by atoms with Crippen LogP contribution in [0.15, 0.2) is 47.4 Å². The lowest BCUT2D eigenvalue weighted by Gasteiger charge is -2.21. The van der Waals surface area contributed by atoms with Gasteiger partial charge in [0, 0.05) is 12.7 Å². The standard InChI is InChI=1S/C14H16FN3O2S/c1-17-21(19,20)12-6-7-14(13(16)9-12)18(2)11-5-3-4-10(15)8-11/h3-9,17H,16H2,1-2H3. The molecule has 0 radical (unpaired) electrons. The van der Waals surface area contributed by atoms with E-state index in [0.717, 1.165) is 0 Å². The molecule has 0 amide bonds. The number of nitrogens with one attached hydrogen (secondary N) is 1. The van der Waals surface area contributed by atoms with Gasteiger partial charge in [-0.3, -0.25) is 0 Å². The van der Waals surface area contributed by atoms with E-state index in [1.54, 1.807) is 30.1 Å². The predicted octanol–water partition coefficient (Wildman–Crippen LogP) is 2.08. The van der Waals surface area contributed by atoms with Gasteiger partial charge in [0.2, 0.25) is 10.0 Å². The Labute approximate surface area is 123 Å². The van der Waals surface area contributed by atoms with E-state index in [1.807, 2.05) is 0 Å². The summed E-state index contributed by atoms with van der Waals surface area (Å²) in [6.07, 6.45) is 0. The number of nitrogens with zero attached hydrogens (tertiary/aromatic N) is 1. The van der Waals surface area contributed by atoms with Crippen LogP contribution in [0.5, 0.6) is 0 Å². The molecule has 2 rings (SSSR count). The Morgan fingerprint density at radius 3 is 2.48 bits per heavy atom. The lowest BCUT2D eigenvalue weighted by Crippen LogP contribution is -2.19. The minimum Gasteiger partial charge on any atom is -0.397 e. The molecule has 7 heteroatoms. The van der Waals surface area contributed by atoms with Crippen molar-refractivity contribution in [2.75, 3.05) is 24.7 Å². The van der Waals surface area contributed by atoms with Gasteiger partial charge in [-0.05, 0) is 43.4 Å².